The molecule has 0 bridgehead atoms. The molecule has 72 valence electrons. The molecule has 0 aromatic carbocycles. The number of nitrogens with one attached hydrogen (secondary N) is 1. The lowest BCUT2D eigenvalue weighted by atomic mass is 10.3. The van der Waals surface area contributed by atoms with E-state index in [0.717, 1.165) is 6.54 Å². The summed E-state index contributed by atoms with van der Waals surface area (Å²) < 4.78 is 0. The molecule has 0 saturated carbocycles. The fourth-order valence-electron chi connectivity index (χ4n) is 0.702. The van der Waals surface area contributed by atoms with Crippen LogP contribution in [0.4, 0.5) is 0 Å². The average molecular weight is 173 g/mol. The quantitative estimate of drug-likeness (QED) is 0.584. The second-order valence-electron chi connectivity index (χ2n) is 3.13. The molecule has 0 saturated heterocycles. The summed E-state index contributed by atoms with van der Waals surface area (Å²) >= 11 is 0. The SMILES string of the molecule is CC(C)N(C)CCNC(=O)CN. The van der Waals surface area contributed by atoms with Gasteiger partial charge >= 0.3 is 0 Å². The molecule has 3 N–H and O–H groups in total. The number of nitrogens with two attached hydrogens (primary N) is 1. The van der Waals surface area contributed by atoms with E-state index in [1.807, 2.05) is 7.05 Å². The van der Waals surface area contributed by atoms with Crippen LogP contribution in [0.15, 0.2) is 0 Å². The van der Waals surface area contributed by atoms with E-state index in [4.69, 9.17) is 5.73 Å². The van der Waals surface area contributed by atoms with Crippen LogP contribution in [0.5, 0.6) is 0 Å². The maximum atomic E-state index is 10.7. The first-order chi connectivity index (χ1) is 5.57. The summed E-state index contributed by atoms with van der Waals surface area (Å²) in [5.74, 6) is -0.0906. The first-order valence-corrected chi connectivity index (χ1v) is 4.25. The molecule has 1 amide bonds. The maximum absolute atomic E-state index is 10.7. The number of carbonyl (C=O) groups is 1. The van der Waals surface area contributed by atoms with E-state index < -0.39 is 0 Å². The van der Waals surface area contributed by atoms with Gasteiger partial charge in [-0.3, -0.25) is 4.79 Å². The molecule has 0 radical (unpaired) electrons. The van der Waals surface area contributed by atoms with Crippen molar-refractivity contribution in [2.45, 2.75) is 19.9 Å². The Balaban J connectivity index is 3.37. The van der Waals surface area contributed by atoms with Gasteiger partial charge in [0.25, 0.3) is 0 Å². The summed E-state index contributed by atoms with van der Waals surface area (Å²) in [5, 5.41) is 2.71. The number of hydrogen-bond donors (Lipinski definition) is 2. The molecule has 0 unspecified atom stereocenters. The van der Waals surface area contributed by atoms with Gasteiger partial charge in [-0.15, -0.1) is 0 Å². The fourth-order valence-corrected chi connectivity index (χ4v) is 0.702. The van der Waals surface area contributed by atoms with Crippen molar-refractivity contribution in [3.8, 4) is 0 Å². The van der Waals surface area contributed by atoms with Crippen LogP contribution in [-0.4, -0.2) is 43.5 Å². The topological polar surface area (TPSA) is 58.4 Å². The van der Waals surface area contributed by atoms with Crippen molar-refractivity contribution in [2.75, 3.05) is 26.7 Å². The molecular formula is C8H19N3O. The highest BCUT2D eigenvalue weighted by atomic mass is 16.1. The Bertz CT molecular complexity index is 136. The number of rotatable bonds is 5. The fraction of sp³-hybridized carbons (Fsp3) is 0.875. The molecular weight excluding hydrogens is 154 g/mol. The van der Waals surface area contributed by atoms with Gasteiger partial charge in [0.15, 0.2) is 0 Å². The van der Waals surface area contributed by atoms with E-state index in [-0.39, 0.29) is 12.5 Å². The monoisotopic (exact) mass is 173 g/mol. The molecule has 0 aliphatic carbocycles. The summed E-state index contributed by atoms with van der Waals surface area (Å²) in [5.41, 5.74) is 5.12. The molecule has 4 heteroatoms. The highest BCUT2D eigenvalue weighted by molar-refractivity contribution is 5.77. The van der Waals surface area contributed by atoms with E-state index in [1.54, 1.807) is 0 Å². The van der Waals surface area contributed by atoms with Gasteiger partial charge in [-0.25, -0.2) is 0 Å². The van der Waals surface area contributed by atoms with Crippen LogP contribution in [-0.2, 0) is 4.79 Å². The van der Waals surface area contributed by atoms with Gasteiger partial charge < -0.3 is 16.0 Å². The second-order valence-corrected chi connectivity index (χ2v) is 3.13. The van der Waals surface area contributed by atoms with Crippen molar-refractivity contribution in [3.63, 3.8) is 0 Å². The number of carbonyl (C=O) groups excluding carboxylic acids is 1. The van der Waals surface area contributed by atoms with Crippen LogP contribution in [0.25, 0.3) is 0 Å². The first-order valence-electron chi connectivity index (χ1n) is 4.25. The van der Waals surface area contributed by atoms with Crippen LogP contribution < -0.4 is 11.1 Å². The highest BCUT2D eigenvalue weighted by Gasteiger charge is 2.02. The van der Waals surface area contributed by atoms with Gasteiger partial charge in [0.05, 0.1) is 6.54 Å². The molecule has 0 atom stereocenters. The van der Waals surface area contributed by atoms with Crippen LogP contribution in [0.2, 0.25) is 0 Å². The number of hydrogen-bond acceptors (Lipinski definition) is 3. The number of amides is 1. The van der Waals surface area contributed by atoms with Crippen molar-refractivity contribution < 1.29 is 4.79 Å². The minimum Gasteiger partial charge on any atom is -0.354 e. The smallest absolute Gasteiger partial charge is 0.233 e. The van der Waals surface area contributed by atoms with Crippen molar-refractivity contribution >= 4 is 5.91 Å². The first kappa shape index (κ1) is 11.4. The van der Waals surface area contributed by atoms with Gasteiger partial charge in [-0.05, 0) is 20.9 Å². The Hall–Kier alpha value is -0.610. The minimum atomic E-state index is -0.0906. The summed E-state index contributed by atoms with van der Waals surface area (Å²) in [6, 6.07) is 0.514. The number of nitrogens with zero attached hydrogens (tertiary/aromatic N) is 1. The molecule has 0 aliphatic heterocycles. The predicted octanol–water partition coefficient (Wildman–Crippen LogP) is -0.598. The largest absolute Gasteiger partial charge is 0.354 e. The third kappa shape index (κ3) is 5.09. The molecule has 0 heterocycles. The zero-order valence-electron chi connectivity index (χ0n) is 8.13. The van der Waals surface area contributed by atoms with Crippen LogP contribution in [0.3, 0.4) is 0 Å². The van der Waals surface area contributed by atoms with E-state index in [1.165, 1.54) is 0 Å². The van der Waals surface area contributed by atoms with E-state index in [9.17, 15) is 4.79 Å². The number of likely N-dealkylation sites (N-methyl/N-ethyl adjacent to an activating group) is 1. The Morgan fingerprint density at radius 2 is 2.17 bits per heavy atom. The molecule has 0 aromatic heterocycles. The van der Waals surface area contributed by atoms with Crippen LogP contribution in [0, 0.1) is 0 Å². The van der Waals surface area contributed by atoms with Crippen molar-refractivity contribution in [1.29, 1.82) is 0 Å². The van der Waals surface area contributed by atoms with Crippen molar-refractivity contribution in [3.05, 3.63) is 0 Å². The summed E-state index contributed by atoms with van der Waals surface area (Å²) in [6.07, 6.45) is 0. The van der Waals surface area contributed by atoms with E-state index in [2.05, 4.69) is 24.1 Å². The average Bonchev–Trinajstić information content (AvgIpc) is 2.03. The Morgan fingerprint density at radius 1 is 1.58 bits per heavy atom. The third-order valence-electron chi connectivity index (χ3n) is 1.85. The van der Waals surface area contributed by atoms with Crippen LogP contribution in [0.1, 0.15) is 13.8 Å². The molecule has 0 aromatic rings. The molecule has 0 fully saturated rings. The molecule has 12 heavy (non-hydrogen) atoms. The van der Waals surface area contributed by atoms with E-state index >= 15 is 0 Å². The lowest BCUT2D eigenvalue weighted by Crippen LogP contribution is -2.38. The maximum Gasteiger partial charge on any atom is 0.233 e. The zero-order chi connectivity index (χ0) is 9.56. The van der Waals surface area contributed by atoms with Crippen molar-refractivity contribution in [1.82, 2.24) is 10.2 Å². The Labute approximate surface area is 74.1 Å². The zero-order valence-corrected chi connectivity index (χ0v) is 8.13. The van der Waals surface area contributed by atoms with Gasteiger partial charge in [-0.1, -0.05) is 0 Å². The van der Waals surface area contributed by atoms with Gasteiger partial charge in [0, 0.05) is 19.1 Å². The molecule has 0 rings (SSSR count). The standard InChI is InChI=1S/C8H19N3O/c1-7(2)11(3)5-4-10-8(12)6-9/h7H,4-6,9H2,1-3H3,(H,10,12). The molecule has 4 nitrogen and oxygen atoms in total. The summed E-state index contributed by atoms with van der Waals surface area (Å²) in [6.45, 7) is 5.84. The lowest BCUT2D eigenvalue weighted by Gasteiger charge is -2.20. The predicted molar refractivity (Wildman–Crippen MR) is 49.8 cm³/mol. The highest BCUT2D eigenvalue weighted by Crippen LogP contribution is 1.90. The van der Waals surface area contributed by atoms with Crippen LogP contribution >= 0.6 is 0 Å². The Morgan fingerprint density at radius 3 is 2.58 bits per heavy atom. The van der Waals surface area contributed by atoms with Gasteiger partial charge in [0.1, 0.15) is 0 Å². The molecule has 0 aliphatic rings. The van der Waals surface area contributed by atoms with Crippen molar-refractivity contribution in [2.24, 2.45) is 5.73 Å². The van der Waals surface area contributed by atoms with Gasteiger partial charge in [0.2, 0.25) is 5.91 Å². The van der Waals surface area contributed by atoms with Gasteiger partial charge in [-0.2, -0.15) is 0 Å². The summed E-state index contributed by atoms with van der Waals surface area (Å²) in [4.78, 5) is 12.9. The third-order valence-corrected chi connectivity index (χ3v) is 1.85. The van der Waals surface area contributed by atoms with E-state index in [0.29, 0.717) is 12.6 Å². The minimum absolute atomic E-state index is 0.0748. The summed E-state index contributed by atoms with van der Waals surface area (Å²) in [7, 11) is 2.03. The molecule has 0 spiro atoms. The Kier molecular flexibility index (Phi) is 5.66. The normalized spacial score (nSPS) is 10.8. The second kappa shape index (κ2) is 5.97. The lowest BCUT2D eigenvalue weighted by molar-refractivity contribution is -0.119.